The van der Waals surface area contributed by atoms with Crippen molar-refractivity contribution in [2.75, 3.05) is 31.3 Å². The van der Waals surface area contributed by atoms with Crippen LogP contribution in [0.5, 0.6) is 5.75 Å². The van der Waals surface area contributed by atoms with E-state index in [4.69, 9.17) is 4.74 Å². The average molecular weight is 377 g/mol. The number of halogens is 2. The van der Waals surface area contributed by atoms with Gasteiger partial charge >= 0.3 is 0 Å². The summed E-state index contributed by atoms with van der Waals surface area (Å²) >= 11 is 0. The molecule has 0 spiro atoms. The highest BCUT2D eigenvalue weighted by molar-refractivity contribution is 5.96. The van der Waals surface area contributed by atoms with Crippen LogP contribution < -0.4 is 15.4 Å². The van der Waals surface area contributed by atoms with Gasteiger partial charge in [-0.15, -0.1) is 0 Å². The van der Waals surface area contributed by atoms with Crippen LogP contribution in [0.2, 0.25) is 0 Å². The summed E-state index contributed by atoms with van der Waals surface area (Å²) in [5.74, 6) is -1.61. The molecule has 0 saturated carbocycles. The second kappa shape index (κ2) is 9.09. The van der Waals surface area contributed by atoms with Crippen LogP contribution in [-0.2, 0) is 9.59 Å². The van der Waals surface area contributed by atoms with Crippen LogP contribution in [0, 0.1) is 11.6 Å². The molecule has 27 heavy (non-hydrogen) atoms. The third kappa shape index (κ3) is 5.75. The van der Waals surface area contributed by atoms with Crippen LogP contribution in [0.3, 0.4) is 0 Å². The highest BCUT2D eigenvalue weighted by Gasteiger charge is 2.21. The first-order valence-electron chi connectivity index (χ1n) is 8.20. The number of rotatable bonds is 7. The van der Waals surface area contributed by atoms with Gasteiger partial charge in [-0.05, 0) is 50.4 Å². The first kappa shape index (κ1) is 20.3. The van der Waals surface area contributed by atoms with Crippen molar-refractivity contribution in [2.45, 2.75) is 13.0 Å². The number of amides is 2. The second-order valence-electron chi connectivity index (χ2n) is 5.98. The van der Waals surface area contributed by atoms with Gasteiger partial charge in [0.05, 0.1) is 25.4 Å². The first-order chi connectivity index (χ1) is 12.8. The van der Waals surface area contributed by atoms with Crippen LogP contribution in [0.25, 0.3) is 0 Å². The molecule has 144 valence electrons. The number of ether oxygens (including phenoxy) is 1. The zero-order valence-corrected chi connectivity index (χ0v) is 15.3. The number of methoxy groups -OCH3 is 1. The molecule has 2 rings (SSSR count). The molecule has 0 fully saturated rings. The third-order valence-corrected chi connectivity index (χ3v) is 3.99. The Kier molecular flexibility index (Phi) is 6.84. The maximum atomic E-state index is 13.6. The van der Waals surface area contributed by atoms with E-state index in [1.54, 1.807) is 45.3 Å². The predicted molar refractivity (Wildman–Crippen MR) is 98.7 cm³/mol. The number of hydrogen-bond donors (Lipinski definition) is 2. The van der Waals surface area contributed by atoms with E-state index >= 15 is 0 Å². The van der Waals surface area contributed by atoms with Gasteiger partial charge in [0.15, 0.2) is 0 Å². The first-order valence-corrected chi connectivity index (χ1v) is 8.20. The molecule has 0 aliphatic heterocycles. The zero-order valence-electron chi connectivity index (χ0n) is 15.3. The molecule has 0 aromatic heterocycles. The van der Waals surface area contributed by atoms with E-state index in [-0.39, 0.29) is 18.1 Å². The minimum atomic E-state index is -0.741. The Hall–Kier alpha value is -3.00. The molecule has 2 N–H and O–H groups in total. The molecule has 6 nitrogen and oxygen atoms in total. The van der Waals surface area contributed by atoms with Gasteiger partial charge < -0.3 is 15.4 Å². The van der Waals surface area contributed by atoms with Gasteiger partial charge in [-0.3, -0.25) is 14.5 Å². The van der Waals surface area contributed by atoms with Crippen molar-refractivity contribution < 1.29 is 23.1 Å². The number of nitrogens with one attached hydrogen (secondary N) is 2. The number of nitrogens with zero attached hydrogens (tertiary/aromatic N) is 1. The summed E-state index contributed by atoms with van der Waals surface area (Å²) in [6, 6.07) is 8.86. The molecule has 0 bridgehead atoms. The highest BCUT2D eigenvalue weighted by atomic mass is 19.1. The predicted octanol–water partition coefficient (Wildman–Crippen LogP) is 2.87. The molecule has 0 saturated heterocycles. The van der Waals surface area contributed by atoms with Crippen molar-refractivity contribution in [1.29, 1.82) is 0 Å². The fourth-order valence-electron chi connectivity index (χ4n) is 2.27. The summed E-state index contributed by atoms with van der Waals surface area (Å²) in [7, 11) is 3.13. The maximum Gasteiger partial charge on any atom is 0.241 e. The summed E-state index contributed by atoms with van der Waals surface area (Å²) < 4.78 is 31.9. The lowest BCUT2D eigenvalue weighted by Crippen LogP contribution is -2.43. The Bertz CT molecular complexity index is 812. The van der Waals surface area contributed by atoms with Gasteiger partial charge in [-0.25, -0.2) is 8.78 Å². The maximum absolute atomic E-state index is 13.6. The van der Waals surface area contributed by atoms with Crippen molar-refractivity contribution in [3.8, 4) is 5.75 Å². The van der Waals surface area contributed by atoms with E-state index in [1.807, 2.05) is 0 Å². The van der Waals surface area contributed by atoms with Crippen LogP contribution in [0.4, 0.5) is 20.2 Å². The van der Waals surface area contributed by atoms with Gasteiger partial charge in [-0.2, -0.15) is 0 Å². The lowest BCUT2D eigenvalue weighted by molar-refractivity contribution is -0.122. The lowest BCUT2D eigenvalue weighted by Gasteiger charge is -2.23. The molecule has 1 atom stereocenters. The van der Waals surface area contributed by atoms with Gasteiger partial charge in [-0.1, -0.05) is 0 Å². The molecular weight excluding hydrogens is 356 g/mol. The van der Waals surface area contributed by atoms with E-state index in [9.17, 15) is 18.4 Å². The Morgan fingerprint density at radius 1 is 1.11 bits per heavy atom. The number of carbonyl (C=O) groups excluding carboxylic acids is 2. The smallest absolute Gasteiger partial charge is 0.241 e. The van der Waals surface area contributed by atoms with E-state index in [2.05, 4.69) is 10.6 Å². The second-order valence-corrected chi connectivity index (χ2v) is 5.98. The topological polar surface area (TPSA) is 70.7 Å². The van der Waals surface area contributed by atoms with Gasteiger partial charge in [0.1, 0.15) is 17.4 Å². The SMILES string of the molecule is COc1ccc(NC(=O)CN(C)C(C)C(=O)Nc2cc(F)ccc2F)cc1. The zero-order chi connectivity index (χ0) is 20.0. The fraction of sp³-hybridized carbons (Fsp3) is 0.263. The molecule has 1 unspecified atom stereocenters. The van der Waals surface area contributed by atoms with Crippen molar-refractivity contribution >= 4 is 23.2 Å². The summed E-state index contributed by atoms with van der Waals surface area (Å²) in [5.41, 5.74) is 0.344. The van der Waals surface area contributed by atoms with Crippen molar-refractivity contribution in [1.82, 2.24) is 4.90 Å². The van der Waals surface area contributed by atoms with E-state index < -0.39 is 23.6 Å². The van der Waals surface area contributed by atoms with Crippen LogP contribution in [-0.4, -0.2) is 43.5 Å². The third-order valence-electron chi connectivity index (χ3n) is 3.99. The Morgan fingerprint density at radius 2 is 1.78 bits per heavy atom. The Labute approximate surface area is 156 Å². The Morgan fingerprint density at radius 3 is 2.41 bits per heavy atom. The van der Waals surface area contributed by atoms with Crippen LogP contribution >= 0.6 is 0 Å². The number of hydrogen-bond acceptors (Lipinski definition) is 4. The van der Waals surface area contributed by atoms with Gasteiger partial charge in [0, 0.05) is 11.8 Å². The fourth-order valence-corrected chi connectivity index (χ4v) is 2.27. The minimum Gasteiger partial charge on any atom is -0.497 e. The van der Waals surface area contributed by atoms with Crippen LogP contribution in [0.15, 0.2) is 42.5 Å². The number of likely N-dealkylation sites (N-methyl/N-ethyl adjacent to an activating group) is 1. The van der Waals surface area contributed by atoms with Gasteiger partial charge in [0.25, 0.3) is 0 Å². The standard InChI is InChI=1S/C19H21F2N3O3/c1-12(19(26)23-17-10-13(20)4-9-16(17)21)24(2)11-18(25)22-14-5-7-15(27-3)8-6-14/h4-10,12H,11H2,1-3H3,(H,22,25)(H,23,26). The van der Waals surface area contributed by atoms with Crippen molar-refractivity contribution in [3.63, 3.8) is 0 Å². The highest BCUT2D eigenvalue weighted by Crippen LogP contribution is 2.17. The van der Waals surface area contributed by atoms with Crippen molar-refractivity contribution in [3.05, 3.63) is 54.1 Å². The monoisotopic (exact) mass is 377 g/mol. The average Bonchev–Trinajstić information content (AvgIpc) is 2.64. The molecule has 0 aliphatic carbocycles. The molecular formula is C19H21F2N3O3. The van der Waals surface area contributed by atoms with Gasteiger partial charge in [0.2, 0.25) is 11.8 Å². The van der Waals surface area contributed by atoms with E-state index in [0.717, 1.165) is 18.2 Å². The molecule has 0 radical (unpaired) electrons. The molecule has 2 aromatic rings. The number of carbonyl (C=O) groups is 2. The summed E-state index contributed by atoms with van der Waals surface area (Å²) in [5, 5.41) is 5.03. The van der Waals surface area contributed by atoms with E-state index in [0.29, 0.717) is 11.4 Å². The molecule has 2 amide bonds. The minimum absolute atomic E-state index is 0.0632. The molecule has 8 heteroatoms. The van der Waals surface area contributed by atoms with Crippen LogP contribution in [0.1, 0.15) is 6.92 Å². The summed E-state index contributed by atoms with van der Waals surface area (Å²) in [6.45, 7) is 1.50. The Balaban J connectivity index is 1.91. The number of benzene rings is 2. The number of anilines is 2. The largest absolute Gasteiger partial charge is 0.497 e. The lowest BCUT2D eigenvalue weighted by atomic mass is 10.2. The van der Waals surface area contributed by atoms with Crippen molar-refractivity contribution in [2.24, 2.45) is 0 Å². The van der Waals surface area contributed by atoms with E-state index in [1.165, 1.54) is 4.90 Å². The quantitative estimate of drug-likeness (QED) is 0.779. The summed E-state index contributed by atoms with van der Waals surface area (Å²) in [4.78, 5) is 25.9. The molecule has 0 aliphatic rings. The molecule has 2 aromatic carbocycles. The normalized spacial score (nSPS) is 11.8. The summed E-state index contributed by atoms with van der Waals surface area (Å²) in [6.07, 6.45) is 0. The molecule has 0 heterocycles.